The summed E-state index contributed by atoms with van der Waals surface area (Å²) in [4.78, 5) is 30.2. The Bertz CT molecular complexity index is 1570. The van der Waals surface area contributed by atoms with Gasteiger partial charge in [-0.05, 0) is 36.4 Å². The molecule has 0 saturated heterocycles. The first kappa shape index (κ1) is 25.4. The fourth-order valence-electron chi connectivity index (χ4n) is 4.26. The lowest BCUT2D eigenvalue weighted by Gasteiger charge is -2.28. The molecule has 38 heavy (non-hydrogen) atoms. The second-order valence-corrected chi connectivity index (χ2v) is 8.88. The Labute approximate surface area is 217 Å². The Morgan fingerprint density at radius 2 is 1.76 bits per heavy atom. The highest BCUT2D eigenvalue weighted by molar-refractivity contribution is 6.31. The van der Waals surface area contributed by atoms with E-state index in [1.807, 2.05) is 0 Å². The number of hydrogen-bond donors (Lipinski definition) is 2. The van der Waals surface area contributed by atoms with Crippen LogP contribution in [-0.4, -0.2) is 21.4 Å². The van der Waals surface area contributed by atoms with Crippen molar-refractivity contribution in [2.75, 3.05) is 5.32 Å². The second-order valence-electron chi connectivity index (χ2n) is 8.47. The van der Waals surface area contributed by atoms with Crippen LogP contribution >= 0.6 is 11.6 Å². The molecule has 0 radical (unpaired) electrons. The minimum absolute atomic E-state index is 0.116. The number of halogens is 6. The molecule has 0 aliphatic carbocycles. The van der Waals surface area contributed by atoms with Gasteiger partial charge in [0.1, 0.15) is 24.0 Å². The maximum atomic E-state index is 14.2. The third kappa shape index (κ3) is 4.84. The first-order valence-corrected chi connectivity index (χ1v) is 11.5. The van der Waals surface area contributed by atoms with Gasteiger partial charge in [-0.25, -0.2) is 13.8 Å². The average Bonchev–Trinajstić information content (AvgIpc) is 3.22. The van der Waals surface area contributed by atoms with Gasteiger partial charge in [0.2, 0.25) is 5.91 Å². The van der Waals surface area contributed by atoms with E-state index in [0.717, 1.165) is 12.1 Å². The van der Waals surface area contributed by atoms with Crippen LogP contribution in [0.3, 0.4) is 0 Å². The van der Waals surface area contributed by atoms with Gasteiger partial charge >= 0.3 is 6.18 Å². The molecule has 2 heterocycles. The van der Waals surface area contributed by atoms with Crippen LogP contribution in [0.4, 0.5) is 27.8 Å². The number of imidazole rings is 1. The van der Waals surface area contributed by atoms with Gasteiger partial charge < -0.3 is 15.2 Å². The largest absolute Gasteiger partial charge is 0.416 e. The number of amides is 2. The standard InChI is InChI=1S/C26H16ClF5N4O2/c27-19-7-6-16(28)11-18(19)21-22-23(35-25(38)14-8-15(26(30,31)32)10-17(29)9-14)34-24(13-4-2-1-3-5-13)36(22)12-20(37)33-21/h1-11,21H,12H2,(H,33,37)(H,35,38)/t21-/m0/s1. The molecule has 1 atom stereocenters. The van der Waals surface area contributed by atoms with E-state index in [1.165, 1.54) is 10.6 Å². The molecule has 0 fully saturated rings. The van der Waals surface area contributed by atoms with Crippen molar-refractivity contribution < 1.29 is 31.5 Å². The fraction of sp³-hybridized carbons (Fsp3) is 0.115. The Kier molecular flexibility index (Phi) is 6.39. The van der Waals surface area contributed by atoms with Gasteiger partial charge in [0, 0.05) is 21.7 Å². The van der Waals surface area contributed by atoms with Gasteiger partial charge in [-0.2, -0.15) is 13.2 Å². The van der Waals surface area contributed by atoms with Crippen LogP contribution in [0.2, 0.25) is 5.02 Å². The van der Waals surface area contributed by atoms with Gasteiger partial charge in [-0.15, -0.1) is 0 Å². The van der Waals surface area contributed by atoms with Crippen LogP contribution in [-0.2, 0) is 17.5 Å². The van der Waals surface area contributed by atoms with Crippen LogP contribution in [0.5, 0.6) is 0 Å². The third-order valence-corrected chi connectivity index (χ3v) is 6.25. The molecule has 1 aromatic heterocycles. The zero-order chi connectivity index (χ0) is 27.2. The summed E-state index contributed by atoms with van der Waals surface area (Å²) in [5.74, 6) is -3.27. The molecule has 2 amide bonds. The molecule has 3 aromatic carbocycles. The number of hydrogen-bond acceptors (Lipinski definition) is 3. The molecule has 0 saturated carbocycles. The van der Waals surface area contributed by atoms with Crippen molar-refractivity contribution in [3.63, 3.8) is 0 Å². The monoisotopic (exact) mass is 546 g/mol. The highest BCUT2D eigenvalue weighted by atomic mass is 35.5. The SMILES string of the molecule is O=C1Cn2c(-c3ccccc3)nc(NC(=O)c3cc(F)cc(C(F)(F)F)c3)c2[C@H](c2cc(F)ccc2Cl)N1. The number of carbonyl (C=O) groups excluding carboxylic acids is 2. The third-order valence-electron chi connectivity index (χ3n) is 5.91. The van der Waals surface area contributed by atoms with Gasteiger partial charge in [0.25, 0.3) is 5.91 Å². The number of carbonyl (C=O) groups is 2. The number of nitrogens with zero attached hydrogens (tertiary/aromatic N) is 2. The van der Waals surface area contributed by atoms with E-state index in [0.29, 0.717) is 17.7 Å². The molecular weight excluding hydrogens is 531 g/mol. The second kappa shape index (κ2) is 9.56. The molecule has 6 nitrogen and oxygen atoms in total. The summed E-state index contributed by atoms with van der Waals surface area (Å²) < 4.78 is 69.2. The van der Waals surface area contributed by atoms with Crippen molar-refractivity contribution in [2.45, 2.75) is 18.8 Å². The quantitative estimate of drug-likeness (QED) is 0.310. The van der Waals surface area contributed by atoms with Crippen LogP contribution < -0.4 is 10.6 Å². The molecule has 12 heteroatoms. The van der Waals surface area contributed by atoms with E-state index in [-0.39, 0.29) is 40.5 Å². The number of fused-ring (bicyclic) bond motifs is 1. The zero-order valence-electron chi connectivity index (χ0n) is 19.1. The van der Waals surface area contributed by atoms with Crippen molar-refractivity contribution in [3.05, 3.63) is 106 Å². The molecule has 4 aromatic rings. The van der Waals surface area contributed by atoms with E-state index < -0.39 is 46.8 Å². The Hall–Kier alpha value is -4.25. The van der Waals surface area contributed by atoms with Gasteiger partial charge in [0.05, 0.1) is 17.3 Å². The summed E-state index contributed by atoms with van der Waals surface area (Å²) in [5.41, 5.74) is -0.993. The molecule has 1 aliphatic heterocycles. The molecule has 0 bridgehead atoms. The minimum atomic E-state index is -4.88. The summed E-state index contributed by atoms with van der Waals surface area (Å²) in [6.07, 6.45) is -4.88. The normalized spacial score (nSPS) is 15.1. The Morgan fingerprint density at radius 3 is 2.47 bits per heavy atom. The summed E-state index contributed by atoms with van der Waals surface area (Å²) in [6, 6.07) is 12.6. The van der Waals surface area contributed by atoms with Crippen molar-refractivity contribution in [3.8, 4) is 11.4 Å². The summed E-state index contributed by atoms with van der Waals surface area (Å²) in [5, 5.41) is 5.26. The summed E-state index contributed by atoms with van der Waals surface area (Å²) in [6.45, 7) is -0.218. The number of benzene rings is 3. The predicted molar refractivity (Wildman–Crippen MR) is 128 cm³/mol. The lowest BCUT2D eigenvalue weighted by Crippen LogP contribution is -2.39. The molecule has 0 unspecified atom stereocenters. The lowest BCUT2D eigenvalue weighted by molar-refractivity contribution is -0.137. The zero-order valence-corrected chi connectivity index (χ0v) is 19.9. The topological polar surface area (TPSA) is 76.0 Å². The van der Waals surface area contributed by atoms with Gasteiger partial charge in [0.15, 0.2) is 5.82 Å². The smallest absolute Gasteiger partial charge is 0.342 e. The van der Waals surface area contributed by atoms with Gasteiger partial charge in [-0.1, -0.05) is 41.9 Å². The molecule has 5 rings (SSSR count). The van der Waals surface area contributed by atoms with Crippen LogP contribution in [0.15, 0.2) is 66.7 Å². The van der Waals surface area contributed by atoms with Crippen LogP contribution in [0.1, 0.15) is 33.2 Å². The first-order chi connectivity index (χ1) is 18.0. The Balaban J connectivity index is 1.66. The predicted octanol–water partition coefficient (Wildman–Crippen LogP) is 5.97. The summed E-state index contributed by atoms with van der Waals surface area (Å²) >= 11 is 6.32. The minimum Gasteiger partial charge on any atom is -0.342 e. The molecule has 1 aliphatic rings. The number of anilines is 1. The number of aromatic nitrogens is 2. The summed E-state index contributed by atoms with van der Waals surface area (Å²) in [7, 11) is 0. The maximum absolute atomic E-state index is 14.2. The number of nitrogens with one attached hydrogen (secondary N) is 2. The van der Waals surface area contributed by atoms with Crippen molar-refractivity contribution in [1.82, 2.24) is 14.9 Å². The number of rotatable bonds is 4. The van der Waals surface area contributed by atoms with Crippen molar-refractivity contribution >= 4 is 29.2 Å². The average molecular weight is 547 g/mol. The van der Waals surface area contributed by atoms with E-state index in [9.17, 15) is 31.5 Å². The molecular formula is C26H16ClF5N4O2. The van der Waals surface area contributed by atoms with Crippen LogP contribution in [0, 0.1) is 11.6 Å². The van der Waals surface area contributed by atoms with E-state index in [1.54, 1.807) is 30.3 Å². The van der Waals surface area contributed by atoms with E-state index in [2.05, 4.69) is 15.6 Å². The highest BCUT2D eigenvalue weighted by Crippen LogP contribution is 2.38. The molecule has 194 valence electrons. The van der Waals surface area contributed by atoms with E-state index in [4.69, 9.17) is 11.6 Å². The first-order valence-electron chi connectivity index (χ1n) is 11.1. The van der Waals surface area contributed by atoms with Crippen LogP contribution in [0.25, 0.3) is 11.4 Å². The maximum Gasteiger partial charge on any atom is 0.416 e. The van der Waals surface area contributed by atoms with Crippen molar-refractivity contribution in [1.29, 1.82) is 0 Å². The van der Waals surface area contributed by atoms with Crippen molar-refractivity contribution in [2.24, 2.45) is 0 Å². The van der Waals surface area contributed by atoms with E-state index >= 15 is 0 Å². The molecule has 2 N–H and O–H groups in total. The lowest BCUT2D eigenvalue weighted by atomic mass is 10.0. The fourth-order valence-corrected chi connectivity index (χ4v) is 4.49. The van der Waals surface area contributed by atoms with Gasteiger partial charge in [-0.3, -0.25) is 9.59 Å². The molecule has 0 spiro atoms. The Morgan fingerprint density at radius 1 is 1.03 bits per heavy atom. The highest BCUT2D eigenvalue weighted by Gasteiger charge is 2.35. The number of alkyl halides is 3.